The molecule has 0 aromatic carbocycles. The van der Waals surface area contributed by atoms with E-state index in [1.54, 1.807) is 0 Å². The molecular formula is C25H44. The number of hydrogen-bond donors (Lipinski definition) is 0. The number of rotatable bonds is 11. The van der Waals surface area contributed by atoms with Crippen LogP contribution in [0.25, 0.3) is 0 Å². The Morgan fingerprint density at radius 1 is 0.680 bits per heavy atom. The van der Waals surface area contributed by atoms with Gasteiger partial charge in [-0.2, -0.15) is 0 Å². The third-order valence-corrected chi connectivity index (χ3v) is 7.03. The van der Waals surface area contributed by atoms with Crippen molar-refractivity contribution in [1.29, 1.82) is 0 Å². The Balaban J connectivity index is 1.50. The molecule has 2 aliphatic carbocycles. The van der Waals surface area contributed by atoms with Crippen LogP contribution in [0, 0.1) is 23.7 Å². The van der Waals surface area contributed by atoms with Gasteiger partial charge in [0.15, 0.2) is 0 Å². The van der Waals surface area contributed by atoms with Gasteiger partial charge in [-0.05, 0) is 75.0 Å². The van der Waals surface area contributed by atoms with Crippen LogP contribution in [-0.4, -0.2) is 0 Å². The second-order valence-electron chi connectivity index (χ2n) is 9.08. The summed E-state index contributed by atoms with van der Waals surface area (Å²) in [6.07, 6.45) is 30.1. The summed E-state index contributed by atoms with van der Waals surface area (Å²) in [6, 6.07) is 0. The lowest BCUT2D eigenvalue weighted by molar-refractivity contribution is 0.258. The third kappa shape index (κ3) is 8.61. The molecule has 2 fully saturated rings. The molecule has 0 atom stereocenters. The fourth-order valence-corrected chi connectivity index (χ4v) is 5.13. The van der Waals surface area contributed by atoms with Crippen LogP contribution in [-0.2, 0) is 0 Å². The van der Waals surface area contributed by atoms with E-state index in [0.29, 0.717) is 0 Å². The molecule has 0 heteroatoms. The van der Waals surface area contributed by atoms with Crippen molar-refractivity contribution in [2.75, 3.05) is 0 Å². The summed E-state index contributed by atoms with van der Waals surface area (Å²) in [7, 11) is 0. The molecule has 0 bridgehead atoms. The molecule has 25 heavy (non-hydrogen) atoms. The van der Waals surface area contributed by atoms with E-state index in [-0.39, 0.29) is 0 Å². The zero-order chi connectivity index (χ0) is 17.7. The lowest BCUT2D eigenvalue weighted by atomic mass is 9.78. The number of hydrogen-bond acceptors (Lipinski definition) is 0. The van der Waals surface area contributed by atoms with Crippen LogP contribution >= 0.6 is 0 Å². The van der Waals surface area contributed by atoms with Gasteiger partial charge in [0.1, 0.15) is 0 Å². The van der Waals surface area contributed by atoms with E-state index < -0.39 is 0 Å². The van der Waals surface area contributed by atoms with Gasteiger partial charge >= 0.3 is 0 Å². The van der Waals surface area contributed by atoms with Crippen LogP contribution in [0.5, 0.6) is 0 Å². The fourth-order valence-electron chi connectivity index (χ4n) is 5.13. The molecule has 0 amide bonds. The Morgan fingerprint density at radius 3 is 1.64 bits per heavy atom. The summed E-state index contributed by atoms with van der Waals surface area (Å²) in [5.74, 6) is 4.02. The van der Waals surface area contributed by atoms with Crippen LogP contribution in [0.2, 0.25) is 0 Å². The van der Waals surface area contributed by atoms with Crippen molar-refractivity contribution < 1.29 is 0 Å². The van der Waals surface area contributed by atoms with Crippen molar-refractivity contribution >= 4 is 0 Å². The molecule has 0 aromatic rings. The Morgan fingerprint density at radius 2 is 1.16 bits per heavy atom. The molecule has 0 N–H and O–H groups in total. The van der Waals surface area contributed by atoms with Crippen molar-refractivity contribution in [3.05, 3.63) is 24.8 Å². The first-order valence-corrected chi connectivity index (χ1v) is 11.6. The van der Waals surface area contributed by atoms with Crippen LogP contribution in [0.3, 0.4) is 0 Å². The van der Waals surface area contributed by atoms with Gasteiger partial charge in [0.2, 0.25) is 0 Å². The predicted molar refractivity (Wildman–Crippen MR) is 113 cm³/mol. The monoisotopic (exact) mass is 344 g/mol. The van der Waals surface area contributed by atoms with Crippen LogP contribution in [0.4, 0.5) is 0 Å². The topological polar surface area (TPSA) is 0 Å². The van der Waals surface area contributed by atoms with Crippen molar-refractivity contribution in [2.45, 2.75) is 110 Å². The Kier molecular flexibility index (Phi) is 10.6. The summed E-state index contributed by atoms with van der Waals surface area (Å²) in [4.78, 5) is 0. The Hall–Kier alpha value is -0.520. The smallest absolute Gasteiger partial charge is 0.0322 e. The van der Waals surface area contributed by atoms with Gasteiger partial charge in [0.25, 0.3) is 0 Å². The van der Waals surface area contributed by atoms with Gasteiger partial charge < -0.3 is 0 Å². The molecule has 2 aliphatic rings. The molecule has 0 nitrogen and oxygen atoms in total. The van der Waals surface area contributed by atoms with E-state index in [2.05, 4.69) is 31.7 Å². The molecule has 0 saturated heterocycles. The minimum Gasteiger partial charge on any atom is -0.103 e. The fraction of sp³-hybridized carbons (Fsp3) is 0.840. The standard InChI is InChI=1S/C25H44/c1-3-5-7-11-23-18-20-25(21-19-23)13-9-8-12-24-16-14-22(15-17-24)10-6-4-2/h4,8-9,22-25H,2-3,5-7,10-21H2,1H3. The molecule has 2 saturated carbocycles. The highest BCUT2D eigenvalue weighted by atomic mass is 14.3. The summed E-state index contributed by atoms with van der Waals surface area (Å²) < 4.78 is 0. The molecule has 144 valence electrons. The molecule has 0 aliphatic heterocycles. The highest BCUT2D eigenvalue weighted by Crippen LogP contribution is 2.35. The quantitative estimate of drug-likeness (QED) is 0.260. The summed E-state index contributed by atoms with van der Waals surface area (Å²) >= 11 is 0. The van der Waals surface area contributed by atoms with Gasteiger partial charge in [-0.3, -0.25) is 0 Å². The zero-order valence-electron chi connectivity index (χ0n) is 17.1. The molecule has 0 radical (unpaired) electrons. The predicted octanol–water partition coefficient (Wildman–Crippen LogP) is 8.48. The summed E-state index contributed by atoms with van der Waals surface area (Å²) in [6.45, 7) is 6.18. The SMILES string of the molecule is C=CCCC1CCC(CC=CCC2CCC(CCCCC)CC2)CC1. The summed E-state index contributed by atoms with van der Waals surface area (Å²) in [5.41, 5.74) is 0. The average molecular weight is 345 g/mol. The van der Waals surface area contributed by atoms with Crippen molar-refractivity contribution in [3.63, 3.8) is 0 Å². The van der Waals surface area contributed by atoms with Gasteiger partial charge in [-0.15, -0.1) is 6.58 Å². The maximum absolute atomic E-state index is 3.86. The zero-order valence-corrected chi connectivity index (χ0v) is 17.1. The van der Waals surface area contributed by atoms with Crippen LogP contribution in [0.1, 0.15) is 110 Å². The largest absolute Gasteiger partial charge is 0.103 e. The first kappa shape index (κ1) is 20.8. The molecule has 0 unspecified atom stereocenters. The Bertz CT molecular complexity index is 350. The Labute approximate surface area is 158 Å². The van der Waals surface area contributed by atoms with Crippen molar-refractivity contribution in [2.24, 2.45) is 23.7 Å². The average Bonchev–Trinajstić information content (AvgIpc) is 2.66. The van der Waals surface area contributed by atoms with Crippen LogP contribution in [0.15, 0.2) is 24.8 Å². The molecule has 0 spiro atoms. The summed E-state index contributed by atoms with van der Waals surface area (Å²) in [5, 5.41) is 0. The lowest BCUT2D eigenvalue weighted by Crippen LogP contribution is -2.14. The number of unbranched alkanes of at least 4 members (excludes halogenated alkanes) is 2. The molecule has 0 aromatic heterocycles. The van der Waals surface area contributed by atoms with Gasteiger partial charge in [-0.1, -0.05) is 76.5 Å². The molecule has 0 heterocycles. The van der Waals surface area contributed by atoms with E-state index in [1.807, 2.05) is 0 Å². The van der Waals surface area contributed by atoms with E-state index in [0.717, 1.165) is 23.7 Å². The number of allylic oxidation sites excluding steroid dienone is 3. The van der Waals surface area contributed by atoms with E-state index in [1.165, 1.54) is 103 Å². The van der Waals surface area contributed by atoms with Gasteiger partial charge in [-0.25, -0.2) is 0 Å². The first-order valence-electron chi connectivity index (χ1n) is 11.6. The van der Waals surface area contributed by atoms with Gasteiger partial charge in [0, 0.05) is 0 Å². The van der Waals surface area contributed by atoms with E-state index >= 15 is 0 Å². The molecular weight excluding hydrogens is 300 g/mol. The van der Waals surface area contributed by atoms with E-state index in [9.17, 15) is 0 Å². The van der Waals surface area contributed by atoms with Gasteiger partial charge in [0.05, 0.1) is 0 Å². The van der Waals surface area contributed by atoms with Crippen LogP contribution < -0.4 is 0 Å². The second-order valence-corrected chi connectivity index (χ2v) is 9.08. The highest BCUT2D eigenvalue weighted by Gasteiger charge is 2.21. The normalized spacial score (nSPS) is 30.6. The molecule has 2 rings (SSSR count). The second kappa shape index (κ2) is 12.8. The third-order valence-electron chi connectivity index (χ3n) is 7.03. The van der Waals surface area contributed by atoms with E-state index in [4.69, 9.17) is 0 Å². The lowest BCUT2D eigenvalue weighted by Gasteiger charge is -2.28. The first-order chi connectivity index (χ1) is 12.3. The van der Waals surface area contributed by atoms with Crippen molar-refractivity contribution in [3.8, 4) is 0 Å². The maximum atomic E-state index is 3.86. The minimum atomic E-state index is 0.977. The maximum Gasteiger partial charge on any atom is -0.0322 e. The minimum absolute atomic E-state index is 0.977. The van der Waals surface area contributed by atoms with Crippen molar-refractivity contribution in [1.82, 2.24) is 0 Å². The highest BCUT2D eigenvalue weighted by molar-refractivity contribution is 4.89.